The van der Waals surface area contributed by atoms with Crippen LogP contribution < -0.4 is 4.90 Å². The molecule has 1 unspecified atom stereocenters. The lowest BCUT2D eigenvalue weighted by Crippen LogP contribution is -2.31. The first-order valence-corrected chi connectivity index (χ1v) is 11.1. The van der Waals surface area contributed by atoms with Crippen LogP contribution in [-0.2, 0) is 9.59 Å². The Hall–Kier alpha value is -3.25. The van der Waals surface area contributed by atoms with E-state index in [-0.39, 0.29) is 18.2 Å². The number of fused-ring (bicyclic) bond motifs is 2. The van der Waals surface area contributed by atoms with Crippen LogP contribution in [0, 0.1) is 20.8 Å². The van der Waals surface area contributed by atoms with Gasteiger partial charge >= 0.3 is 0 Å². The van der Waals surface area contributed by atoms with Crippen LogP contribution in [0.3, 0.4) is 0 Å². The highest BCUT2D eigenvalue weighted by molar-refractivity contribution is 8.00. The molecule has 4 aromatic rings. The molecular weight excluding hydrogens is 406 g/mol. The van der Waals surface area contributed by atoms with Crippen molar-refractivity contribution in [1.29, 1.82) is 0 Å². The van der Waals surface area contributed by atoms with Gasteiger partial charge in [-0.05, 0) is 43.9 Å². The lowest BCUT2D eigenvalue weighted by Gasteiger charge is -2.17. The third-order valence-electron chi connectivity index (χ3n) is 5.67. The second-order valence-electron chi connectivity index (χ2n) is 7.95. The molecule has 1 fully saturated rings. The number of imide groups is 1. The van der Waals surface area contributed by atoms with Crippen LogP contribution in [0.1, 0.15) is 23.2 Å². The van der Waals surface area contributed by atoms with Crippen LogP contribution in [0.5, 0.6) is 0 Å². The summed E-state index contributed by atoms with van der Waals surface area (Å²) in [6, 6.07) is 17.6. The van der Waals surface area contributed by atoms with Crippen LogP contribution in [0.15, 0.2) is 59.8 Å². The van der Waals surface area contributed by atoms with Crippen molar-refractivity contribution in [2.24, 2.45) is 0 Å². The van der Waals surface area contributed by atoms with E-state index in [4.69, 9.17) is 4.98 Å². The number of carbonyl (C=O) groups excluding carboxylic acids is 2. The molecule has 1 aliphatic rings. The summed E-state index contributed by atoms with van der Waals surface area (Å²) in [4.78, 5) is 36.8. The normalized spacial score (nSPS) is 16.6. The quantitative estimate of drug-likeness (QED) is 0.335. The van der Waals surface area contributed by atoms with E-state index in [2.05, 4.69) is 24.0 Å². The summed E-state index contributed by atoms with van der Waals surface area (Å²) < 4.78 is 0. The number of rotatable bonds is 3. The van der Waals surface area contributed by atoms with E-state index < -0.39 is 5.25 Å². The molecule has 1 aliphatic heterocycles. The van der Waals surface area contributed by atoms with E-state index >= 15 is 0 Å². The van der Waals surface area contributed by atoms with Crippen LogP contribution in [0.4, 0.5) is 5.69 Å². The summed E-state index contributed by atoms with van der Waals surface area (Å²) in [5.74, 6) is -0.406. The molecule has 0 spiro atoms. The minimum atomic E-state index is -0.533. The highest BCUT2D eigenvalue weighted by Gasteiger charge is 2.41. The van der Waals surface area contributed by atoms with Crippen molar-refractivity contribution in [2.75, 3.05) is 4.90 Å². The second-order valence-corrected chi connectivity index (χ2v) is 9.12. The molecule has 2 heterocycles. The molecular formula is C25H21N3O2S. The molecule has 1 aromatic heterocycles. The molecule has 0 radical (unpaired) electrons. The van der Waals surface area contributed by atoms with Crippen molar-refractivity contribution < 1.29 is 9.59 Å². The molecule has 0 aliphatic carbocycles. The van der Waals surface area contributed by atoms with Crippen LogP contribution in [0.2, 0.25) is 0 Å². The van der Waals surface area contributed by atoms with Crippen LogP contribution in [0.25, 0.3) is 21.7 Å². The third kappa shape index (κ3) is 3.37. The number of aryl methyl sites for hydroxylation is 3. The number of carbonyl (C=O) groups is 2. The maximum atomic E-state index is 13.3. The van der Waals surface area contributed by atoms with Gasteiger partial charge in [-0.2, -0.15) is 0 Å². The molecule has 0 bridgehead atoms. The van der Waals surface area contributed by atoms with Gasteiger partial charge in [0.05, 0.1) is 11.2 Å². The predicted octanol–water partition coefficient (Wildman–Crippen LogP) is 5.13. The first-order valence-electron chi connectivity index (χ1n) is 10.2. The van der Waals surface area contributed by atoms with E-state index in [1.165, 1.54) is 22.2 Å². The van der Waals surface area contributed by atoms with Gasteiger partial charge in [-0.25, -0.2) is 14.9 Å². The Balaban J connectivity index is 1.49. The Morgan fingerprint density at radius 2 is 1.71 bits per heavy atom. The summed E-state index contributed by atoms with van der Waals surface area (Å²) in [5, 5.41) is 2.90. The average molecular weight is 428 g/mol. The number of thioether (sulfide) groups is 1. The molecule has 0 N–H and O–H groups in total. The summed E-state index contributed by atoms with van der Waals surface area (Å²) in [7, 11) is 0. The van der Waals surface area contributed by atoms with Crippen molar-refractivity contribution >= 4 is 50.9 Å². The van der Waals surface area contributed by atoms with Crippen LogP contribution in [-0.4, -0.2) is 27.0 Å². The summed E-state index contributed by atoms with van der Waals surface area (Å²) in [6.45, 7) is 6.04. The average Bonchev–Trinajstić information content (AvgIpc) is 3.01. The Bertz CT molecular complexity index is 1380. The van der Waals surface area contributed by atoms with E-state index in [0.29, 0.717) is 10.8 Å². The van der Waals surface area contributed by atoms with Crippen molar-refractivity contribution in [1.82, 2.24) is 9.97 Å². The fourth-order valence-corrected chi connectivity index (χ4v) is 5.26. The van der Waals surface area contributed by atoms with Crippen molar-refractivity contribution in [3.63, 3.8) is 0 Å². The van der Waals surface area contributed by atoms with E-state index in [9.17, 15) is 9.59 Å². The zero-order valence-electron chi connectivity index (χ0n) is 17.5. The lowest BCUT2D eigenvalue weighted by molar-refractivity contribution is -0.121. The highest BCUT2D eigenvalue weighted by Crippen LogP contribution is 2.36. The molecule has 0 saturated carbocycles. The number of aromatic nitrogens is 2. The Morgan fingerprint density at radius 1 is 0.935 bits per heavy atom. The zero-order chi connectivity index (χ0) is 21.7. The Morgan fingerprint density at radius 3 is 2.55 bits per heavy atom. The standard InChI is InChI=1S/C25H21N3O2S/c1-14-11-15(2)23-19(12-14)16(3)26-25(27-23)31-21-13-22(29)28(24(21)30)20-10-6-8-17-7-4-5-9-18(17)20/h4-12,21H,13H2,1-3H3. The number of hydrogen-bond acceptors (Lipinski definition) is 5. The van der Waals surface area contributed by atoms with Gasteiger partial charge in [-0.1, -0.05) is 59.8 Å². The second kappa shape index (κ2) is 7.46. The fourth-order valence-electron chi connectivity index (χ4n) is 4.24. The maximum absolute atomic E-state index is 13.3. The van der Waals surface area contributed by atoms with Gasteiger partial charge in [0.25, 0.3) is 0 Å². The summed E-state index contributed by atoms with van der Waals surface area (Å²) in [6.07, 6.45) is 0.139. The monoisotopic (exact) mass is 427 g/mol. The van der Waals surface area contributed by atoms with E-state index in [1.54, 1.807) is 0 Å². The molecule has 1 saturated heterocycles. The fraction of sp³-hybridized carbons (Fsp3) is 0.200. The summed E-state index contributed by atoms with van der Waals surface area (Å²) in [5.41, 5.74) is 4.65. The molecule has 6 heteroatoms. The zero-order valence-corrected chi connectivity index (χ0v) is 18.4. The Labute approximate surface area is 184 Å². The lowest BCUT2D eigenvalue weighted by atomic mass is 10.1. The van der Waals surface area contributed by atoms with E-state index in [1.807, 2.05) is 56.3 Å². The van der Waals surface area contributed by atoms with Gasteiger partial charge in [-0.15, -0.1) is 0 Å². The smallest absolute Gasteiger partial charge is 0.247 e. The molecule has 1 atom stereocenters. The molecule has 2 amide bonds. The van der Waals surface area contributed by atoms with Crippen molar-refractivity contribution in [2.45, 2.75) is 37.6 Å². The third-order valence-corrected chi connectivity index (χ3v) is 6.71. The largest absolute Gasteiger partial charge is 0.274 e. The number of hydrogen-bond donors (Lipinski definition) is 0. The number of nitrogens with zero attached hydrogens (tertiary/aromatic N) is 3. The van der Waals surface area contributed by atoms with Gasteiger partial charge in [0.15, 0.2) is 5.16 Å². The van der Waals surface area contributed by atoms with Gasteiger partial charge in [0, 0.05) is 22.9 Å². The molecule has 31 heavy (non-hydrogen) atoms. The topological polar surface area (TPSA) is 63.2 Å². The molecule has 154 valence electrons. The highest BCUT2D eigenvalue weighted by atomic mass is 32.2. The van der Waals surface area contributed by atoms with E-state index in [0.717, 1.165) is 32.9 Å². The molecule has 3 aromatic carbocycles. The number of benzene rings is 3. The van der Waals surface area contributed by atoms with Crippen molar-refractivity contribution in [3.8, 4) is 0 Å². The first kappa shape index (κ1) is 19.7. The minimum absolute atomic E-state index is 0.139. The number of amides is 2. The maximum Gasteiger partial charge on any atom is 0.247 e. The SMILES string of the molecule is Cc1cc(C)c2nc(SC3CC(=O)N(c4cccc5ccccc45)C3=O)nc(C)c2c1. The Kier molecular flexibility index (Phi) is 4.74. The molecule has 5 rings (SSSR count). The van der Waals surface area contributed by atoms with Gasteiger partial charge in [0.1, 0.15) is 5.25 Å². The first-order chi connectivity index (χ1) is 14.9. The minimum Gasteiger partial charge on any atom is -0.274 e. The van der Waals surface area contributed by atoms with Gasteiger partial charge < -0.3 is 0 Å². The van der Waals surface area contributed by atoms with Gasteiger partial charge in [-0.3, -0.25) is 9.59 Å². The molecule has 5 nitrogen and oxygen atoms in total. The van der Waals surface area contributed by atoms with Crippen LogP contribution >= 0.6 is 11.8 Å². The number of anilines is 1. The van der Waals surface area contributed by atoms with Crippen molar-refractivity contribution in [3.05, 3.63) is 71.4 Å². The summed E-state index contributed by atoms with van der Waals surface area (Å²) >= 11 is 1.27. The predicted molar refractivity (Wildman–Crippen MR) is 124 cm³/mol. The van der Waals surface area contributed by atoms with Gasteiger partial charge in [0.2, 0.25) is 11.8 Å².